The Morgan fingerprint density at radius 2 is 0.879 bits per heavy atom. The van der Waals surface area contributed by atoms with Crippen molar-refractivity contribution >= 4 is 28.6 Å². The Bertz CT molecular complexity index is 384. The zero-order valence-electron chi connectivity index (χ0n) is 21.3. The van der Waals surface area contributed by atoms with Crippen LogP contribution >= 0.6 is 22.6 Å². The lowest BCUT2D eigenvalue weighted by atomic mass is 10.0. The summed E-state index contributed by atoms with van der Waals surface area (Å²) < 4.78 is 27.7. The molecule has 33 heavy (non-hydrogen) atoms. The van der Waals surface area contributed by atoms with E-state index in [1.807, 2.05) is 0 Å². The molecule has 0 aliphatic carbocycles. The van der Waals surface area contributed by atoms with Crippen molar-refractivity contribution in [3.8, 4) is 0 Å². The first-order valence-corrected chi connectivity index (χ1v) is 14.9. The van der Waals surface area contributed by atoms with E-state index < -0.39 is 0 Å². The quantitative estimate of drug-likeness (QED) is 0.0451. The predicted octanol–water partition coefficient (Wildman–Crippen LogP) is 6.51. The van der Waals surface area contributed by atoms with E-state index in [0.717, 1.165) is 23.9 Å². The number of rotatable bonds is 28. The summed E-state index contributed by atoms with van der Waals surface area (Å²) >= 11 is 2.28. The summed E-state index contributed by atoms with van der Waals surface area (Å²) in [6.07, 6.45) is 17.5. The normalized spacial score (nSPS) is 11.2. The molecule has 0 heterocycles. The summed E-state index contributed by atoms with van der Waals surface area (Å²) in [5.41, 5.74) is 0. The zero-order valence-corrected chi connectivity index (χ0v) is 23.5. The van der Waals surface area contributed by atoms with Crippen molar-refractivity contribution in [2.75, 3.05) is 63.9 Å². The number of halogens is 1. The summed E-state index contributed by atoms with van der Waals surface area (Å²) in [7, 11) is 0. The summed E-state index contributed by atoms with van der Waals surface area (Å²) in [5, 5.41) is 0. The second-order valence-corrected chi connectivity index (χ2v) is 9.43. The Hall–Kier alpha value is 0.0400. The third kappa shape index (κ3) is 30.0. The van der Waals surface area contributed by atoms with Gasteiger partial charge < -0.3 is 23.7 Å². The maximum Gasteiger partial charge on any atom is 0.305 e. The summed E-state index contributed by atoms with van der Waals surface area (Å²) in [5.74, 6) is -0.113. The Kier molecular flexibility index (Phi) is 30.1. The first-order chi connectivity index (χ1) is 16.3. The van der Waals surface area contributed by atoms with Gasteiger partial charge in [-0.3, -0.25) is 4.79 Å². The molecule has 0 aliphatic rings. The van der Waals surface area contributed by atoms with Gasteiger partial charge in [-0.15, -0.1) is 0 Å². The highest BCUT2D eigenvalue weighted by Gasteiger charge is 2.02. The van der Waals surface area contributed by atoms with Gasteiger partial charge in [-0.2, -0.15) is 0 Å². The molecule has 0 saturated carbocycles. The molecule has 0 N–H and O–H groups in total. The fourth-order valence-corrected chi connectivity index (χ4v) is 3.70. The van der Waals surface area contributed by atoms with Gasteiger partial charge >= 0.3 is 5.97 Å². The molecule has 0 spiro atoms. The Labute approximate surface area is 217 Å². The van der Waals surface area contributed by atoms with Crippen molar-refractivity contribution in [3.63, 3.8) is 0 Å². The molecule has 0 saturated heterocycles. The third-order valence-corrected chi connectivity index (χ3v) is 5.75. The van der Waals surface area contributed by atoms with Crippen LogP contribution < -0.4 is 0 Å². The van der Waals surface area contributed by atoms with E-state index in [1.165, 1.54) is 70.6 Å². The Morgan fingerprint density at radius 3 is 1.30 bits per heavy atom. The van der Waals surface area contributed by atoms with Crippen LogP contribution in [0.3, 0.4) is 0 Å². The van der Waals surface area contributed by atoms with Gasteiger partial charge in [-0.05, 0) is 6.42 Å². The average Bonchev–Trinajstić information content (AvgIpc) is 2.82. The summed E-state index contributed by atoms with van der Waals surface area (Å²) in [6.45, 7) is 7.11. The number of hydrogen-bond donors (Lipinski definition) is 0. The fraction of sp³-hybridized carbons (Fsp3) is 0.962. The highest BCUT2D eigenvalue weighted by Crippen LogP contribution is 2.13. The van der Waals surface area contributed by atoms with Crippen LogP contribution in [0.1, 0.15) is 96.8 Å². The number of carbonyl (C=O) groups is 1. The minimum Gasteiger partial charge on any atom is -0.463 e. The first kappa shape index (κ1) is 33.0. The lowest BCUT2D eigenvalue weighted by molar-refractivity contribution is -0.145. The lowest BCUT2D eigenvalue weighted by Crippen LogP contribution is -2.14. The van der Waals surface area contributed by atoms with Crippen molar-refractivity contribution in [1.82, 2.24) is 0 Å². The van der Waals surface area contributed by atoms with Crippen molar-refractivity contribution in [1.29, 1.82) is 0 Å². The number of unbranched alkanes of at least 4 members (excludes halogenated alkanes) is 12. The first-order valence-electron chi connectivity index (χ1n) is 13.3. The molecule has 0 rings (SSSR count). The lowest BCUT2D eigenvalue weighted by Gasteiger charge is -2.08. The van der Waals surface area contributed by atoms with Gasteiger partial charge in [0.2, 0.25) is 0 Å². The average molecular weight is 587 g/mol. The smallest absolute Gasteiger partial charge is 0.305 e. The highest BCUT2D eigenvalue weighted by atomic mass is 127. The molecule has 0 aromatic rings. The van der Waals surface area contributed by atoms with Crippen molar-refractivity contribution < 1.29 is 28.5 Å². The van der Waals surface area contributed by atoms with Crippen LogP contribution in [0, 0.1) is 0 Å². The van der Waals surface area contributed by atoms with Crippen molar-refractivity contribution in [3.05, 3.63) is 0 Å². The van der Waals surface area contributed by atoms with Gasteiger partial charge in [0, 0.05) is 10.8 Å². The maximum absolute atomic E-state index is 11.7. The second kappa shape index (κ2) is 30.1. The van der Waals surface area contributed by atoms with Gasteiger partial charge in [0.15, 0.2) is 0 Å². The van der Waals surface area contributed by atoms with Crippen LogP contribution in [0.4, 0.5) is 0 Å². The van der Waals surface area contributed by atoms with Crippen molar-refractivity contribution in [2.24, 2.45) is 0 Å². The largest absolute Gasteiger partial charge is 0.463 e. The minimum absolute atomic E-state index is 0.113. The van der Waals surface area contributed by atoms with Crippen LogP contribution in [0.25, 0.3) is 0 Å². The van der Waals surface area contributed by atoms with Gasteiger partial charge in [0.1, 0.15) is 6.61 Å². The van der Waals surface area contributed by atoms with Gasteiger partial charge in [0.25, 0.3) is 0 Å². The number of esters is 1. The predicted molar refractivity (Wildman–Crippen MR) is 143 cm³/mol. The summed E-state index contributed by atoms with van der Waals surface area (Å²) in [6, 6.07) is 0. The van der Waals surface area contributed by atoms with Crippen molar-refractivity contribution in [2.45, 2.75) is 96.8 Å². The molecule has 0 amide bonds. The molecule has 6 nitrogen and oxygen atoms in total. The van der Waals surface area contributed by atoms with E-state index >= 15 is 0 Å². The van der Waals surface area contributed by atoms with E-state index in [-0.39, 0.29) is 5.97 Å². The second-order valence-electron chi connectivity index (χ2n) is 8.35. The molecule has 0 bridgehead atoms. The molecule has 0 fully saturated rings. The molecule has 0 atom stereocenters. The van der Waals surface area contributed by atoms with Crippen LogP contribution in [-0.2, 0) is 28.5 Å². The molecule has 0 aromatic carbocycles. The number of ether oxygens (including phenoxy) is 5. The third-order valence-electron chi connectivity index (χ3n) is 5.31. The van der Waals surface area contributed by atoms with Crippen LogP contribution in [-0.4, -0.2) is 69.9 Å². The van der Waals surface area contributed by atoms with E-state index in [4.69, 9.17) is 23.7 Å². The molecule has 0 aromatic heterocycles. The van der Waals surface area contributed by atoms with E-state index in [2.05, 4.69) is 29.5 Å². The van der Waals surface area contributed by atoms with E-state index in [1.54, 1.807) is 0 Å². The highest BCUT2D eigenvalue weighted by molar-refractivity contribution is 14.1. The minimum atomic E-state index is -0.113. The number of alkyl halides is 1. The Morgan fingerprint density at radius 1 is 0.515 bits per heavy atom. The Balaban J connectivity index is 3.14. The van der Waals surface area contributed by atoms with Gasteiger partial charge in [-0.25, -0.2) is 0 Å². The molecular formula is C26H51IO6. The number of hydrogen-bond acceptors (Lipinski definition) is 6. The molecule has 198 valence electrons. The SMILES string of the molecule is CCCCCCCCCCCCCCCC(=O)OCCOCCOCCOCCOCCI. The molecule has 7 heteroatoms. The molecule has 0 unspecified atom stereocenters. The number of carbonyl (C=O) groups excluding carboxylic acids is 1. The van der Waals surface area contributed by atoms with Crippen LogP contribution in [0.5, 0.6) is 0 Å². The fourth-order valence-electron chi connectivity index (χ4n) is 3.39. The molecule has 0 radical (unpaired) electrons. The molecule has 0 aliphatic heterocycles. The monoisotopic (exact) mass is 586 g/mol. The van der Waals surface area contributed by atoms with E-state index in [9.17, 15) is 4.79 Å². The topological polar surface area (TPSA) is 63.2 Å². The van der Waals surface area contributed by atoms with Gasteiger partial charge in [0.05, 0.1) is 52.9 Å². The summed E-state index contributed by atoms with van der Waals surface area (Å²) in [4.78, 5) is 11.7. The van der Waals surface area contributed by atoms with Crippen LogP contribution in [0.15, 0.2) is 0 Å². The standard InChI is InChI=1S/C26H51IO6/c1-2-3-4-5-6-7-8-9-10-11-12-13-14-15-26(28)33-25-24-32-23-22-31-21-20-30-19-18-29-17-16-27/h2-25H2,1H3. The van der Waals surface area contributed by atoms with Gasteiger partial charge in [-0.1, -0.05) is 107 Å². The van der Waals surface area contributed by atoms with E-state index in [0.29, 0.717) is 59.3 Å². The molecular weight excluding hydrogens is 535 g/mol. The zero-order chi connectivity index (χ0) is 24.1. The van der Waals surface area contributed by atoms with Crippen LogP contribution in [0.2, 0.25) is 0 Å². The maximum atomic E-state index is 11.7.